The van der Waals surface area contributed by atoms with Gasteiger partial charge in [0, 0.05) is 29.6 Å². The molecule has 4 heteroatoms. The van der Waals surface area contributed by atoms with Gasteiger partial charge in [-0.25, -0.2) is 0 Å². The predicted molar refractivity (Wildman–Crippen MR) is 93.2 cm³/mol. The van der Waals surface area contributed by atoms with Gasteiger partial charge in [-0.3, -0.25) is 4.90 Å². The Morgan fingerprint density at radius 2 is 2.25 bits per heavy atom. The summed E-state index contributed by atoms with van der Waals surface area (Å²) in [4.78, 5) is 18.1. The Hall–Kier alpha value is -2.07. The number of H-pyrrole nitrogens is 1. The van der Waals surface area contributed by atoms with Crippen LogP contribution in [-0.4, -0.2) is 35.9 Å². The summed E-state index contributed by atoms with van der Waals surface area (Å²) in [7, 11) is 1.72. The fraction of sp³-hybridized carbons (Fsp3) is 0.450. The van der Waals surface area contributed by atoms with Gasteiger partial charge in [0.15, 0.2) is 0 Å². The van der Waals surface area contributed by atoms with E-state index in [0.717, 1.165) is 30.7 Å². The number of benzene rings is 1. The van der Waals surface area contributed by atoms with Crippen molar-refractivity contribution < 1.29 is 9.53 Å². The number of methoxy groups -OCH3 is 1. The maximum atomic E-state index is 11.8. The van der Waals surface area contributed by atoms with Crippen LogP contribution in [0.4, 0.5) is 0 Å². The fourth-order valence-electron chi connectivity index (χ4n) is 5.39. The van der Waals surface area contributed by atoms with Crippen molar-refractivity contribution >= 4 is 17.2 Å². The number of carbonyl (C=O) groups excluding carboxylic acids is 1. The van der Waals surface area contributed by atoms with Gasteiger partial charge < -0.3 is 14.5 Å². The quantitative estimate of drug-likeness (QED) is 0.682. The first kappa shape index (κ1) is 14.3. The van der Waals surface area contributed by atoms with Gasteiger partial charge >= 0.3 is 0 Å². The second-order valence-corrected chi connectivity index (χ2v) is 7.28. The molecule has 0 radical (unpaired) electrons. The van der Waals surface area contributed by atoms with Gasteiger partial charge in [-0.05, 0) is 37.3 Å². The molecule has 4 aliphatic rings. The SMILES string of the molecule is C/C=C1/CN2[C@H]3C[C@H]1[C@@H](C=O)[C@@H]2Cc1c3[nH]c2c(OC)cccc12. The number of aromatic amines is 1. The van der Waals surface area contributed by atoms with E-state index in [9.17, 15) is 4.79 Å². The normalized spacial score (nSPS) is 35.2. The summed E-state index contributed by atoms with van der Waals surface area (Å²) in [5, 5.41) is 1.26. The third kappa shape index (κ3) is 1.64. The molecule has 3 fully saturated rings. The molecule has 6 rings (SSSR count). The Bertz CT molecular complexity index is 866. The summed E-state index contributed by atoms with van der Waals surface area (Å²) >= 11 is 0. The molecule has 0 saturated carbocycles. The molecule has 5 heterocycles. The van der Waals surface area contributed by atoms with E-state index in [1.807, 2.05) is 6.07 Å². The first-order chi connectivity index (χ1) is 11.8. The number of allylic oxidation sites excluding steroid dienone is 1. The number of fused-ring (bicyclic) bond motifs is 4. The maximum absolute atomic E-state index is 11.8. The van der Waals surface area contributed by atoms with Crippen LogP contribution < -0.4 is 4.74 Å². The molecule has 1 unspecified atom stereocenters. The third-order valence-corrected chi connectivity index (χ3v) is 6.48. The number of nitrogens with one attached hydrogen (secondary N) is 1. The zero-order valence-electron chi connectivity index (χ0n) is 14.1. The highest BCUT2D eigenvalue weighted by Crippen LogP contribution is 2.53. The second kappa shape index (κ2) is 4.96. The lowest BCUT2D eigenvalue weighted by atomic mass is 9.64. The number of para-hydroxylation sites is 1. The summed E-state index contributed by atoms with van der Waals surface area (Å²) in [5.41, 5.74) is 5.28. The van der Waals surface area contributed by atoms with Crippen LogP contribution in [0.2, 0.25) is 0 Å². The summed E-state index contributed by atoms with van der Waals surface area (Å²) < 4.78 is 5.55. The Morgan fingerprint density at radius 3 is 3.00 bits per heavy atom. The first-order valence-electron chi connectivity index (χ1n) is 8.80. The van der Waals surface area contributed by atoms with E-state index in [1.54, 1.807) is 7.11 Å². The van der Waals surface area contributed by atoms with Gasteiger partial charge in [0.1, 0.15) is 12.0 Å². The highest BCUT2D eigenvalue weighted by Gasteiger charge is 2.52. The van der Waals surface area contributed by atoms with Crippen LogP contribution >= 0.6 is 0 Å². The second-order valence-electron chi connectivity index (χ2n) is 7.28. The number of nitrogens with zero attached hydrogens (tertiary/aromatic N) is 1. The highest BCUT2D eigenvalue weighted by atomic mass is 16.5. The average Bonchev–Trinajstić information content (AvgIpc) is 3.00. The zero-order chi connectivity index (χ0) is 16.4. The van der Waals surface area contributed by atoms with Crippen LogP contribution in [0.5, 0.6) is 5.75 Å². The summed E-state index contributed by atoms with van der Waals surface area (Å²) in [5.74, 6) is 1.44. The number of rotatable bonds is 2. The highest BCUT2D eigenvalue weighted by molar-refractivity contribution is 5.90. The minimum absolute atomic E-state index is 0.130. The molecule has 4 nitrogen and oxygen atoms in total. The molecule has 124 valence electrons. The lowest BCUT2D eigenvalue weighted by Gasteiger charge is -2.57. The Labute approximate surface area is 141 Å². The Kier molecular flexibility index (Phi) is 2.95. The topological polar surface area (TPSA) is 45.3 Å². The molecule has 1 aromatic heterocycles. The summed E-state index contributed by atoms with van der Waals surface area (Å²) in [6, 6.07) is 6.99. The minimum Gasteiger partial charge on any atom is -0.495 e. The molecule has 1 aromatic carbocycles. The van der Waals surface area contributed by atoms with E-state index in [4.69, 9.17) is 4.74 Å². The van der Waals surface area contributed by atoms with E-state index in [1.165, 1.54) is 28.5 Å². The monoisotopic (exact) mass is 322 g/mol. The molecular weight excluding hydrogens is 300 g/mol. The van der Waals surface area contributed by atoms with Crippen molar-refractivity contribution in [3.8, 4) is 5.75 Å². The van der Waals surface area contributed by atoms with Gasteiger partial charge in [0.2, 0.25) is 0 Å². The molecule has 24 heavy (non-hydrogen) atoms. The van der Waals surface area contributed by atoms with E-state index in [2.05, 4.69) is 35.0 Å². The van der Waals surface area contributed by atoms with Gasteiger partial charge in [-0.2, -0.15) is 0 Å². The van der Waals surface area contributed by atoms with Crippen molar-refractivity contribution in [2.24, 2.45) is 11.8 Å². The minimum atomic E-state index is 0.130. The van der Waals surface area contributed by atoms with Gasteiger partial charge in [-0.1, -0.05) is 23.8 Å². The van der Waals surface area contributed by atoms with E-state index in [-0.39, 0.29) is 5.92 Å². The zero-order valence-corrected chi connectivity index (χ0v) is 14.1. The van der Waals surface area contributed by atoms with Crippen molar-refractivity contribution in [2.75, 3.05) is 13.7 Å². The molecule has 1 N–H and O–H groups in total. The molecule has 0 spiro atoms. The summed E-state index contributed by atoms with van der Waals surface area (Å²) in [6.45, 7) is 3.11. The third-order valence-electron chi connectivity index (χ3n) is 6.48. The largest absolute Gasteiger partial charge is 0.495 e. The standard InChI is InChI=1S/C20H22N2O2/c1-3-11-9-22-16-8-14-12-5-4-6-18(24-2)20(12)21-19(14)17(22)7-13(11)15(16)10-23/h3-6,10,13,15-17,21H,7-9H2,1-2H3/b11-3-/t13-,15-,16+,17+/m1/s1. The van der Waals surface area contributed by atoms with Crippen molar-refractivity contribution in [1.29, 1.82) is 0 Å². The van der Waals surface area contributed by atoms with Crippen molar-refractivity contribution in [3.05, 3.63) is 41.1 Å². The number of carbonyl (C=O) groups is 1. The molecular formula is C20H22N2O2. The molecule has 2 aromatic rings. The number of aldehydes is 1. The van der Waals surface area contributed by atoms with Crippen LogP contribution in [-0.2, 0) is 11.2 Å². The van der Waals surface area contributed by atoms with E-state index >= 15 is 0 Å². The van der Waals surface area contributed by atoms with Crippen LogP contribution in [0.15, 0.2) is 29.8 Å². The van der Waals surface area contributed by atoms with Crippen LogP contribution in [0.3, 0.4) is 0 Å². The van der Waals surface area contributed by atoms with Crippen LogP contribution in [0.25, 0.3) is 10.9 Å². The van der Waals surface area contributed by atoms with Crippen molar-refractivity contribution in [2.45, 2.75) is 31.8 Å². The maximum Gasteiger partial charge on any atom is 0.142 e. The van der Waals surface area contributed by atoms with E-state index < -0.39 is 0 Å². The molecule has 5 atom stereocenters. The van der Waals surface area contributed by atoms with E-state index in [0.29, 0.717) is 18.0 Å². The Balaban J connectivity index is 1.70. The fourth-order valence-corrected chi connectivity index (χ4v) is 5.39. The summed E-state index contributed by atoms with van der Waals surface area (Å²) in [6.07, 6.45) is 5.43. The van der Waals surface area contributed by atoms with Crippen LogP contribution in [0, 0.1) is 11.8 Å². The smallest absolute Gasteiger partial charge is 0.142 e. The first-order valence-corrected chi connectivity index (χ1v) is 8.80. The van der Waals surface area contributed by atoms with Gasteiger partial charge in [0.25, 0.3) is 0 Å². The number of aromatic nitrogens is 1. The molecule has 3 saturated heterocycles. The molecule has 0 aliphatic carbocycles. The molecule has 4 bridgehead atoms. The Morgan fingerprint density at radius 1 is 1.38 bits per heavy atom. The average molecular weight is 322 g/mol. The molecule has 0 amide bonds. The number of piperidine rings is 3. The lowest BCUT2D eigenvalue weighted by molar-refractivity contribution is -0.121. The van der Waals surface area contributed by atoms with Crippen LogP contribution in [0.1, 0.15) is 30.6 Å². The number of hydrogen-bond acceptors (Lipinski definition) is 3. The number of hydrogen-bond donors (Lipinski definition) is 1. The van der Waals surface area contributed by atoms with Crippen molar-refractivity contribution in [1.82, 2.24) is 9.88 Å². The van der Waals surface area contributed by atoms with Gasteiger partial charge in [-0.15, -0.1) is 0 Å². The lowest BCUT2D eigenvalue weighted by Crippen LogP contribution is -2.60. The predicted octanol–water partition coefficient (Wildman–Crippen LogP) is 3.24. The van der Waals surface area contributed by atoms with Crippen molar-refractivity contribution in [3.63, 3.8) is 0 Å². The molecule has 4 aliphatic heterocycles. The number of ether oxygens (including phenoxy) is 1. The van der Waals surface area contributed by atoms with Gasteiger partial charge in [0.05, 0.1) is 18.7 Å².